The zero-order valence-corrected chi connectivity index (χ0v) is 16.3. The zero-order valence-electron chi connectivity index (χ0n) is 16.3. The summed E-state index contributed by atoms with van der Waals surface area (Å²) in [5, 5.41) is 21.4. The van der Waals surface area contributed by atoms with E-state index < -0.39 is 5.60 Å². The highest BCUT2D eigenvalue weighted by Crippen LogP contribution is 2.68. The second kappa shape index (κ2) is 5.42. The van der Waals surface area contributed by atoms with Crippen LogP contribution in [0, 0.1) is 28.6 Å². The average molecular weight is 347 g/mol. The first-order chi connectivity index (χ1) is 11.6. The Morgan fingerprint density at radius 1 is 1.04 bits per heavy atom. The van der Waals surface area contributed by atoms with Gasteiger partial charge in [0.15, 0.2) is 5.78 Å². The van der Waals surface area contributed by atoms with Gasteiger partial charge in [-0.25, -0.2) is 0 Å². The molecule has 4 rings (SSSR count). The minimum absolute atomic E-state index is 0.0355. The summed E-state index contributed by atoms with van der Waals surface area (Å²) in [6.45, 7) is 8.46. The molecule has 0 unspecified atom stereocenters. The smallest absolute Gasteiger partial charge is 0.161 e. The number of rotatable bonds is 1. The van der Waals surface area contributed by atoms with E-state index in [2.05, 4.69) is 20.8 Å². The Morgan fingerprint density at radius 3 is 2.40 bits per heavy atom. The number of hydrogen-bond donors (Lipinski definition) is 2. The van der Waals surface area contributed by atoms with Crippen LogP contribution in [0.25, 0.3) is 0 Å². The summed E-state index contributed by atoms with van der Waals surface area (Å²) < 4.78 is 0. The summed E-state index contributed by atoms with van der Waals surface area (Å²) >= 11 is 0. The minimum Gasteiger partial charge on any atom is -0.393 e. The van der Waals surface area contributed by atoms with Crippen molar-refractivity contribution in [2.45, 2.75) is 90.8 Å². The predicted molar refractivity (Wildman–Crippen MR) is 98.0 cm³/mol. The lowest BCUT2D eigenvalue weighted by atomic mass is 9.46. The van der Waals surface area contributed by atoms with Gasteiger partial charge in [0.25, 0.3) is 0 Å². The number of carbonyl (C=O) groups excluding carboxylic acids is 1. The molecule has 4 aliphatic carbocycles. The number of allylic oxidation sites excluding steroid dienone is 1. The molecular weight excluding hydrogens is 312 g/mol. The lowest BCUT2D eigenvalue weighted by molar-refractivity contribution is -0.159. The van der Waals surface area contributed by atoms with Crippen LogP contribution in [0.15, 0.2) is 11.1 Å². The molecule has 0 saturated heterocycles. The summed E-state index contributed by atoms with van der Waals surface area (Å²) in [7, 11) is 0. The molecule has 3 fully saturated rings. The lowest BCUT2D eigenvalue weighted by Crippen LogP contribution is -2.57. The van der Waals surface area contributed by atoms with Crippen LogP contribution in [0.3, 0.4) is 0 Å². The molecule has 3 heteroatoms. The lowest BCUT2D eigenvalue weighted by Gasteiger charge is -2.59. The van der Waals surface area contributed by atoms with Gasteiger partial charge in [0.05, 0.1) is 6.10 Å². The standard InChI is InChI=1S/C22H34O3/c1-13-11-16-17(20(3)8-5-15(24)12-19(13)20)6-9-21(4)18(16)7-10-22(21,25)14(2)23/h15-18,24-25H,5-12H2,1-4H3/t15-,16+,17+,18+,20+,21-,22-/m0/s1. The molecule has 140 valence electrons. The Labute approximate surface area is 151 Å². The van der Waals surface area contributed by atoms with Gasteiger partial charge in [-0.2, -0.15) is 0 Å². The van der Waals surface area contributed by atoms with Gasteiger partial charge in [-0.3, -0.25) is 4.79 Å². The van der Waals surface area contributed by atoms with E-state index in [0.29, 0.717) is 24.2 Å². The number of ketones is 1. The van der Waals surface area contributed by atoms with Crippen molar-refractivity contribution >= 4 is 5.78 Å². The van der Waals surface area contributed by atoms with Crippen LogP contribution in [0.4, 0.5) is 0 Å². The van der Waals surface area contributed by atoms with Gasteiger partial charge in [0.1, 0.15) is 5.60 Å². The number of fused-ring (bicyclic) bond motifs is 5. The van der Waals surface area contributed by atoms with Gasteiger partial charge in [0, 0.05) is 5.41 Å². The second-order valence-corrected chi connectivity index (χ2v) is 10.1. The molecule has 4 aliphatic rings. The van der Waals surface area contributed by atoms with Gasteiger partial charge in [-0.1, -0.05) is 25.0 Å². The monoisotopic (exact) mass is 346 g/mol. The molecule has 25 heavy (non-hydrogen) atoms. The van der Waals surface area contributed by atoms with Crippen molar-refractivity contribution in [1.29, 1.82) is 0 Å². The highest BCUT2D eigenvalue weighted by molar-refractivity contribution is 5.86. The molecule has 2 N–H and O–H groups in total. The highest BCUT2D eigenvalue weighted by Gasteiger charge is 2.65. The van der Waals surface area contributed by atoms with E-state index in [0.717, 1.165) is 44.9 Å². The van der Waals surface area contributed by atoms with Gasteiger partial charge in [-0.15, -0.1) is 0 Å². The number of aliphatic hydroxyl groups excluding tert-OH is 1. The van der Waals surface area contributed by atoms with Crippen LogP contribution in [0.1, 0.15) is 79.1 Å². The average Bonchev–Trinajstić information content (AvgIpc) is 2.83. The molecule has 3 nitrogen and oxygen atoms in total. The minimum atomic E-state index is -1.12. The van der Waals surface area contributed by atoms with Crippen molar-refractivity contribution in [1.82, 2.24) is 0 Å². The van der Waals surface area contributed by atoms with Gasteiger partial charge >= 0.3 is 0 Å². The number of Topliss-reactive ketones (excluding diaryl/α,β-unsaturated/α-hetero) is 1. The normalized spacial score (nSPS) is 52.4. The molecule has 0 aliphatic heterocycles. The molecule has 0 aromatic carbocycles. The quantitative estimate of drug-likeness (QED) is 0.705. The third-order valence-corrected chi connectivity index (χ3v) is 9.17. The summed E-state index contributed by atoms with van der Waals surface area (Å²) in [6.07, 6.45) is 7.46. The van der Waals surface area contributed by atoms with Crippen molar-refractivity contribution in [3.8, 4) is 0 Å². The molecule has 0 aromatic rings. The molecule has 3 saturated carbocycles. The van der Waals surface area contributed by atoms with Gasteiger partial charge in [0.2, 0.25) is 0 Å². The fourth-order valence-corrected chi connectivity index (χ4v) is 7.69. The second-order valence-electron chi connectivity index (χ2n) is 10.1. The molecule has 0 radical (unpaired) electrons. The Balaban J connectivity index is 1.73. The first kappa shape index (κ1) is 17.7. The Kier molecular flexibility index (Phi) is 3.84. The molecular formula is C22H34O3. The number of aliphatic hydroxyl groups is 2. The van der Waals surface area contributed by atoms with Crippen LogP contribution >= 0.6 is 0 Å². The SMILES string of the molecule is CC(=O)[C@@]1(O)CC[C@@H]2[C@@H]3CC(C)=C4C[C@@H](O)CC[C@]4(C)[C@@H]3CC[C@@]21C. The summed E-state index contributed by atoms with van der Waals surface area (Å²) in [5.74, 6) is 1.63. The summed E-state index contributed by atoms with van der Waals surface area (Å²) in [4.78, 5) is 12.3. The third-order valence-electron chi connectivity index (χ3n) is 9.17. The first-order valence-electron chi connectivity index (χ1n) is 10.2. The molecule has 0 aromatic heterocycles. The van der Waals surface area contributed by atoms with E-state index >= 15 is 0 Å². The van der Waals surface area contributed by atoms with Crippen LogP contribution < -0.4 is 0 Å². The van der Waals surface area contributed by atoms with E-state index in [4.69, 9.17) is 0 Å². The Morgan fingerprint density at radius 2 is 1.72 bits per heavy atom. The maximum atomic E-state index is 12.3. The van der Waals surface area contributed by atoms with Crippen LogP contribution in [0.2, 0.25) is 0 Å². The van der Waals surface area contributed by atoms with Crippen LogP contribution in [-0.4, -0.2) is 27.7 Å². The fourth-order valence-electron chi connectivity index (χ4n) is 7.69. The molecule has 0 bridgehead atoms. The van der Waals surface area contributed by atoms with Gasteiger partial charge < -0.3 is 10.2 Å². The number of hydrogen-bond acceptors (Lipinski definition) is 3. The van der Waals surface area contributed by atoms with E-state index in [-0.39, 0.29) is 22.7 Å². The summed E-state index contributed by atoms with van der Waals surface area (Å²) in [6, 6.07) is 0. The van der Waals surface area contributed by atoms with E-state index in [1.807, 2.05) is 0 Å². The van der Waals surface area contributed by atoms with E-state index in [1.165, 1.54) is 11.1 Å². The predicted octanol–water partition coefficient (Wildman–Crippen LogP) is 4.02. The maximum Gasteiger partial charge on any atom is 0.161 e. The Bertz CT molecular complexity index is 637. The maximum absolute atomic E-state index is 12.3. The van der Waals surface area contributed by atoms with E-state index in [1.54, 1.807) is 6.92 Å². The van der Waals surface area contributed by atoms with Crippen molar-refractivity contribution in [3.63, 3.8) is 0 Å². The van der Waals surface area contributed by atoms with Crippen LogP contribution in [-0.2, 0) is 4.79 Å². The van der Waals surface area contributed by atoms with Crippen molar-refractivity contribution < 1.29 is 15.0 Å². The summed E-state index contributed by atoms with van der Waals surface area (Å²) in [5.41, 5.74) is 1.83. The number of carbonyl (C=O) groups is 1. The highest BCUT2D eigenvalue weighted by atomic mass is 16.3. The van der Waals surface area contributed by atoms with Crippen molar-refractivity contribution in [2.24, 2.45) is 28.6 Å². The van der Waals surface area contributed by atoms with Crippen molar-refractivity contribution in [3.05, 3.63) is 11.1 Å². The molecule has 0 spiro atoms. The van der Waals surface area contributed by atoms with Crippen LogP contribution in [0.5, 0.6) is 0 Å². The third kappa shape index (κ3) is 2.15. The topological polar surface area (TPSA) is 57.5 Å². The fraction of sp³-hybridized carbons (Fsp3) is 0.864. The Hall–Kier alpha value is -0.670. The molecule has 7 atom stereocenters. The first-order valence-corrected chi connectivity index (χ1v) is 10.2. The largest absolute Gasteiger partial charge is 0.393 e. The molecule has 0 amide bonds. The molecule has 0 heterocycles. The van der Waals surface area contributed by atoms with Crippen molar-refractivity contribution in [2.75, 3.05) is 0 Å². The van der Waals surface area contributed by atoms with Gasteiger partial charge in [-0.05, 0) is 88.4 Å². The van der Waals surface area contributed by atoms with E-state index in [9.17, 15) is 15.0 Å². The zero-order chi connectivity index (χ0) is 18.2.